The zero-order valence-corrected chi connectivity index (χ0v) is 10.4. The normalized spacial score (nSPS) is 20.1. The molecule has 88 valence electrons. The Morgan fingerprint density at radius 1 is 1.50 bits per heavy atom. The third kappa shape index (κ3) is 1.94. The van der Waals surface area contributed by atoms with Gasteiger partial charge in [-0.3, -0.25) is 0 Å². The number of hydrogen-bond donors (Lipinski definition) is 1. The minimum Gasteiger partial charge on any atom is -0.495 e. The van der Waals surface area contributed by atoms with Crippen LogP contribution < -0.4 is 10.1 Å². The summed E-state index contributed by atoms with van der Waals surface area (Å²) >= 11 is 3.08. The molecule has 2 rings (SSSR count). The van der Waals surface area contributed by atoms with Gasteiger partial charge in [-0.2, -0.15) is 0 Å². The van der Waals surface area contributed by atoms with Gasteiger partial charge in [0.05, 0.1) is 11.6 Å². The molecule has 1 fully saturated rings. The summed E-state index contributed by atoms with van der Waals surface area (Å²) < 4.78 is 32.8. The second-order valence-corrected chi connectivity index (χ2v) is 4.54. The molecule has 5 heteroatoms. The zero-order valence-electron chi connectivity index (χ0n) is 8.82. The lowest BCUT2D eigenvalue weighted by Crippen LogP contribution is -2.16. The number of rotatable bonds is 2. The maximum Gasteiger partial charge on any atom is 0.148 e. The summed E-state index contributed by atoms with van der Waals surface area (Å²) in [5, 5.41) is 3.08. The lowest BCUT2D eigenvalue weighted by Gasteiger charge is -2.15. The Kier molecular flexibility index (Phi) is 3.44. The average Bonchev–Trinajstić information content (AvgIpc) is 2.77. The topological polar surface area (TPSA) is 21.3 Å². The Labute approximate surface area is 101 Å². The first kappa shape index (κ1) is 11.8. The SMILES string of the molecule is COc1cc(F)c(C2CCCN2)c(F)c1Br. The Morgan fingerprint density at radius 2 is 2.25 bits per heavy atom. The van der Waals surface area contributed by atoms with Gasteiger partial charge in [-0.25, -0.2) is 8.78 Å². The van der Waals surface area contributed by atoms with Crippen LogP contribution in [0.5, 0.6) is 5.75 Å². The first-order valence-corrected chi connectivity index (χ1v) is 5.89. The van der Waals surface area contributed by atoms with Gasteiger partial charge in [-0.15, -0.1) is 0 Å². The predicted molar refractivity (Wildman–Crippen MR) is 60.6 cm³/mol. The van der Waals surface area contributed by atoms with E-state index in [0.717, 1.165) is 19.4 Å². The van der Waals surface area contributed by atoms with Crippen LogP contribution >= 0.6 is 15.9 Å². The molecule has 1 heterocycles. The summed E-state index contributed by atoms with van der Waals surface area (Å²) in [4.78, 5) is 0. The number of ether oxygens (including phenoxy) is 1. The van der Waals surface area contributed by atoms with Gasteiger partial charge in [0.15, 0.2) is 0 Å². The van der Waals surface area contributed by atoms with Gasteiger partial charge in [0.25, 0.3) is 0 Å². The zero-order chi connectivity index (χ0) is 11.7. The van der Waals surface area contributed by atoms with Gasteiger partial charge < -0.3 is 10.1 Å². The lowest BCUT2D eigenvalue weighted by molar-refractivity contribution is 0.398. The maximum absolute atomic E-state index is 14.0. The molecule has 16 heavy (non-hydrogen) atoms. The fourth-order valence-electron chi connectivity index (χ4n) is 1.99. The Hall–Kier alpha value is -0.680. The fraction of sp³-hybridized carbons (Fsp3) is 0.455. The molecular weight excluding hydrogens is 280 g/mol. The van der Waals surface area contributed by atoms with E-state index in [1.54, 1.807) is 0 Å². The van der Waals surface area contributed by atoms with E-state index in [-0.39, 0.29) is 21.8 Å². The summed E-state index contributed by atoms with van der Waals surface area (Å²) in [6, 6.07) is 0.977. The van der Waals surface area contributed by atoms with Gasteiger partial charge in [0.1, 0.15) is 17.4 Å². The molecule has 0 saturated carbocycles. The van der Waals surface area contributed by atoms with E-state index in [1.165, 1.54) is 13.2 Å². The largest absolute Gasteiger partial charge is 0.495 e. The molecule has 0 radical (unpaired) electrons. The van der Waals surface area contributed by atoms with Crippen LogP contribution in [0.15, 0.2) is 10.5 Å². The number of nitrogens with one attached hydrogen (secondary N) is 1. The van der Waals surface area contributed by atoms with Crippen molar-refractivity contribution in [2.75, 3.05) is 13.7 Å². The molecular formula is C11H12BrF2NO. The second-order valence-electron chi connectivity index (χ2n) is 3.75. The number of hydrogen-bond acceptors (Lipinski definition) is 2. The molecule has 1 aromatic carbocycles. The van der Waals surface area contributed by atoms with E-state index in [0.29, 0.717) is 0 Å². The van der Waals surface area contributed by atoms with E-state index in [4.69, 9.17) is 4.74 Å². The molecule has 0 aliphatic carbocycles. The molecule has 1 aliphatic rings. The highest BCUT2D eigenvalue weighted by Gasteiger charge is 2.26. The summed E-state index contributed by atoms with van der Waals surface area (Å²) in [7, 11) is 1.38. The highest BCUT2D eigenvalue weighted by Crippen LogP contribution is 2.36. The van der Waals surface area contributed by atoms with Crippen molar-refractivity contribution in [3.63, 3.8) is 0 Å². The van der Waals surface area contributed by atoms with E-state index < -0.39 is 11.6 Å². The summed E-state index contributed by atoms with van der Waals surface area (Å²) in [5.41, 5.74) is 0.102. The van der Waals surface area contributed by atoms with Gasteiger partial charge in [-0.1, -0.05) is 0 Å². The maximum atomic E-state index is 14.0. The summed E-state index contributed by atoms with van der Waals surface area (Å²) in [6.07, 6.45) is 1.69. The Balaban J connectivity index is 2.48. The molecule has 0 aromatic heterocycles. The average molecular weight is 292 g/mol. The molecule has 1 N–H and O–H groups in total. The molecule has 2 nitrogen and oxygen atoms in total. The van der Waals surface area contributed by atoms with Crippen LogP contribution in [0.4, 0.5) is 8.78 Å². The van der Waals surface area contributed by atoms with E-state index in [9.17, 15) is 8.78 Å². The Bertz CT molecular complexity index is 405. The van der Waals surface area contributed by atoms with Crippen molar-refractivity contribution in [2.24, 2.45) is 0 Å². The van der Waals surface area contributed by atoms with Crippen molar-refractivity contribution in [1.29, 1.82) is 0 Å². The molecule has 1 aliphatic heterocycles. The summed E-state index contributed by atoms with van der Waals surface area (Å²) in [5.74, 6) is -0.954. The molecule has 1 atom stereocenters. The summed E-state index contributed by atoms with van der Waals surface area (Å²) in [6.45, 7) is 0.799. The standard InChI is InChI=1S/C11H12BrF2NO/c1-16-8-5-6(13)9(11(14)10(8)12)7-3-2-4-15-7/h5,7,15H,2-4H2,1H3. The monoisotopic (exact) mass is 291 g/mol. The van der Waals surface area contributed by atoms with Crippen molar-refractivity contribution in [1.82, 2.24) is 5.32 Å². The number of benzene rings is 1. The van der Waals surface area contributed by atoms with Gasteiger partial charge >= 0.3 is 0 Å². The first-order chi connectivity index (χ1) is 7.65. The van der Waals surface area contributed by atoms with Crippen molar-refractivity contribution >= 4 is 15.9 Å². The Morgan fingerprint density at radius 3 is 2.81 bits per heavy atom. The van der Waals surface area contributed by atoms with Crippen molar-refractivity contribution in [2.45, 2.75) is 18.9 Å². The molecule has 0 bridgehead atoms. The predicted octanol–water partition coefficient (Wildman–Crippen LogP) is 3.16. The molecule has 1 saturated heterocycles. The van der Waals surface area contributed by atoms with Crippen molar-refractivity contribution < 1.29 is 13.5 Å². The smallest absolute Gasteiger partial charge is 0.148 e. The number of halogens is 3. The minimum atomic E-state index is -0.573. The first-order valence-electron chi connectivity index (χ1n) is 5.10. The van der Waals surface area contributed by atoms with Crippen LogP contribution in [0.2, 0.25) is 0 Å². The van der Waals surface area contributed by atoms with E-state index >= 15 is 0 Å². The highest BCUT2D eigenvalue weighted by molar-refractivity contribution is 9.10. The van der Waals surface area contributed by atoms with Crippen molar-refractivity contribution in [3.8, 4) is 5.75 Å². The molecule has 0 spiro atoms. The molecule has 1 unspecified atom stereocenters. The van der Waals surface area contributed by atoms with Crippen LogP contribution in [-0.2, 0) is 0 Å². The van der Waals surface area contributed by atoms with Crippen LogP contribution in [0.25, 0.3) is 0 Å². The van der Waals surface area contributed by atoms with Crippen molar-refractivity contribution in [3.05, 3.63) is 27.7 Å². The van der Waals surface area contributed by atoms with Gasteiger partial charge in [0.2, 0.25) is 0 Å². The number of methoxy groups -OCH3 is 1. The van der Waals surface area contributed by atoms with Gasteiger partial charge in [0, 0.05) is 17.7 Å². The van der Waals surface area contributed by atoms with Gasteiger partial charge in [-0.05, 0) is 35.3 Å². The van der Waals surface area contributed by atoms with Crippen LogP contribution in [-0.4, -0.2) is 13.7 Å². The fourth-order valence-corrected chi connectivity index (χ4v) is 2.48. The van der Waals surface area contributed by atoms with Crippen LogP contribution in [0, 0.1) is 11.6 Å². The third-order valence-electron chi connectivity index (χ3n) is 2.79. The lowest BCUT2D eigenvalue weighted by atomic mass is 10.0. The second kappa shape index (κ2) is 4.67. The van der Waals surface area contributed by atoms with Crippen LogP contribution in [0.1, 0.15) is 24.4 Å². The molecule has 0 amide bonds. The quantitative estimate of drug-likeness (QED) is 0.845. The molecule has 1 aromatic rings. The minimum absolute atomic E-state index is 0.102. The van der Waals surface area contributed by atoms with E-state index in [2.05, 4.69) is 21.2 Å². The van der Waals surface area contributed by atoms with E-state index in [1.807, 2.05) is 0 Å². The highest BCUT2D eigenvalue weighted by atomic mass is 79.9. The van der Waals surface area contributed by atoms with Crippen LogP contribution in [0.3, 0.4) is 0 Å². The third-order valence-corrected chi connectivity index (χ3v) is 3.53.